The van der Waals surface area contributed by atoms with Crippen molar-refractivity contribution in [1.29, 1.82) is 0 Å². The van der Waals surface area contributed by atoms with Crippen LogP contribution in [0, 0.1) is 11.7 Å². The van der Waals surface area contributed by atoms with Gasteiger partial charge in [-0.2, -0.15) is 0 Å². The number of benzene rings is 2. The molecule has 0 spiro atoms. The highest BCUT2D eigenvalue weighted by Crippen LogP contribution is 2.18. The van der Waals surface area contributed by atoms with Gasteiger partial charge in [-0.1, -0.05) is 12.1 Å². The van der Waals surface area contributed by atoms with Crippen molar-refractivity contribution in [2.24, 2.45) is 13.0 Å². The number of carbonyl (C=O) groups is 2. The molecular formula is C25H30FN5O5. The molecule has 2 aromatic carbocycles. The van der Waals surface area contributed by atoms with Crippen molar-refractivity contribution in [1.82, 2.24) is 24.7 Å². The first-order valence-electron chi connectivity index (χ1n) is 11.9. The summed E-state index contributed by atoms with van der Waals surface area (Å²) in [6.07, 6.45) is 0.510. The molecule has 36 heavy (non-hydrogen) atoms. The number of hydrogen-bond acceptors (Lipinski definition) is 5. The molecule has 0 saturated carbocycles. The summed E-state index contributed by atoms with van der Waals surface area (Å²) in [5.41, 5.74) is 0.874. The quantitative estimate of drug-likeness (QED) is 0.438. The number of nitrogens with one attached hydrogen (secondary N) is 2. The molecule has 11 heteroatoms. The molecule has 2 amide bonds. The minimum Gasteiger partial charge on any atom is -0.491 e. The minimum absolute atomic E-state index is 0.119. The fourth-order valence-electron chi connectivity index (χ4n) is 4.53. The summed E-state index contributed by atoms with van der Waals surface area (Å²) in [6.45, 7) is 2.52. The van der Waals surface area contributed by atoms with E-state index in [1.54, 1.807) is 25.2 Å². The largest absolute Gasteiger partial charge is 0.491 e. The lowest BCUT2D eigenvalue weighted by Gasteiger charge is -2.34. The van der Waals surface area contributed by atoms with Gasteiger partial charge in [0.15, 0.2) is 0 Å². The van der Waals surface area contributed by atoms with Crippen molar-refractivity contribution in [2.45, 2.75) is 18.9 Å². The van der Waals surface area contributed by atoms with E-state index in [0.29, 0.717) is 29.9 Å². The van der Waals surface area contributed by atoms with Gasteiger partial charge in [0.25, 0.3) is 0 Å². The summed E-state index contributed by atoms with van der Waals surface area (Å²) >= 11 is 0. The van der Waals surface area contributed by atoms with Gasteiger partial charge in [-0.05, 0) is 68.2 Å². The van der Waals surface area contributed by atoms with Gasteiger partial charge in [0.05, 0.1) is 17.1 Å². The normalized spacial score (nSPS) is 15.5. The Labute approximate surface area is 207 Å². The number of para-hydroxylation sites is 2. The Bertz CT molecular complexity index is 1260. The highest BCUT2D eigenvalue weighted by atomic mass is 19.1. The van der Waals surface area contributed by atoms with Crippen LogP contribution >= 0.6 is 0 Å². The second-order valence-electron chi connectivity index (χ2n) is 9.01. The summed E-state index contributed by atoms with van der Waals surface area (Å²) in [7, 11) is 1.64. The summed E-state index contributed by atoms with van der Waals surface area (Å²) in [4.78, 5) is 38.7. The topological polar surface area (TPSA) is 118 Å². The molecule has 2 heterocycles. The standard InChI is InChI=1S/C25H30FN5O5/c1-29-21-4-2-3-5-22(21)31(25(29)35)23(32)27-14-17-10-12-30(13-11-17)15-19(28-24(33)34)16-36-20-8-6-18(26)7-9-20/h2-9,17,19,28H,10-16H2,1H3,(H,27,32)(H,33,34). The van der Waals surface area contributed by atoms with Crippen LogP contribution in [-0.4, -0.2) is 70.1 Å². The number of halogens is 1. The summed E-state index contributed by atoms with van der Waals surface area (Å²) < 4.78 is 21.3. The van der Waals surface area contributed by atoms with Crippen LogP contribution in [0.3, 0.4) is 0 Å². The summed E-state index contributed by atoms with van der Waals surface area (Å²) in [5, 5.41) is 14.6. The second-order valence-corrected chi connectivity index (χ2v) is 9.01. The Balaban J connectivity index is 1.26. The smallest absolute Gasteiger partial charge is 0.405 e. The third kappa shape index (κ3) is 6.03. The Morgan fingerprint density at radius 1 is 1.11 bits per heavy atom. The third-order valence-corrected chi connectivity index (χ3v) is 6.49. The number of nitrogens with zero attached hydrogens (tertiary/aromatic N) is 3. The van der Waals surface area contributed by atoms with Crippen LogP contribution in [0.2, 0.25) is 0 Å². The first-order chi connectivity index (χ1) is 17.3. The van der Waals surface area contributed by atoms with E-state index >= 15 is 0 Å². The lowest BCUT2D eigenvalue weighted by atomic mass is 9.96. The highest BCUT2D eigenvalue weighted by molar-refractivity contribution is 5.89. The first kappa shape index (κ1) is 25.2. The Kier molecular flexibility index (Phi) is 7.89. The van der Waals surface area contributed by atoms with Crippen LogP contribution in [-0.2, 0) is 7.05 Å². The molecule has 1 atom stereocenters. The van der Waals surface area contributed by atoms with Gasteiger partial charge >= 0.3 is 17.8 Å². The molecule has 0 radical (unpaired) electrons. The van der Waals surface area contributed by atoms with E-state index < -0.39 is 18.2 Å². The SMILES string of the molecule is Cn1c(=O)n(C(=O)NCC2CCN(CC(COc3ccc(F)cc3)NC(=O)O)CC2)c2ccccc21. The number of carbonyl (C=O) groups excluding carboxylic acids is 1. The third-order valence-electron chi connectivity index (χ3n) is 6.49. The predicted molar refractivity (Wildman–Crippen MR) is 132 cm³/mol. The van der Waals surface area contributed by atoms with E-state index in [1.807, 2.05) is 6.07 Å². The lowest BCUT2D eigenvalue weighted by Crippen LogP contribution is -2.49. The summed E-state index contributed by atoms with van der Waals surface area (Å²) in [6, 6.07) is 11.8. The maximum absolute atomic E-state index is 13.1. The first-order valence-corrected chi connectivity index (χ1v) is 11.9. The van der Waals surface area contributed by atoms with Gasteiger partial charge in [0, 0.05) is 20.1 Å². The number of imidazole rings is 1. The molecule has 0 aliphatic carbocycles. The van der Waals surface area contributed by atoms with Gasteiger partial charge in [-0.25, -0.2) is 23.3 Å². The van der Waals surface area contributed by atoms with Crippen molar-refractivity contribution in [2.75, 3.05) is 32.8 Å². The number of ether oxygens (including phenoxy) is 1. The monoisotopic (exact) mass is 499 g/mol. The van der Waals surface area contributed by atoms with Gasteiger partial charge in [-0.3, -0.25) is 4.57 Å². The second kappa shape index (κ2) is 11.3. The zero-order valence-corrected chi connectivity index (χ0v) is 20.0. The zero-order chi connectivity index (χ0) is 25.7. The Hall–Kier alpha value is -3.86. The number of likely N-dealkylation sites (tertiary alicyclic amines) is 1. The van der Waals surface area contributed by atoms with E-state index in [9.17, 15) is 23.9 Å². The number of amides is 2. The van der Waals surface area contributed by atoms with Crippen LogP contribution < -0.4 is 21.1 Å². The number of fused-ring (bicyclic) bond motifs is 1. The van der Waals surface area contributed by atoms with Crippen molar-refractivity contribution >= 4 is 23.2 Å². The Morgan fingerprint density at radius 2 is 1.78 bits per heavy atom. The molecule has 1 aliphatic heterocycles. The molecule has 3 N–H and O–H groups in total. The molecule has 192 valence electrons. The number of aromatic nitrogens is 2. The van der Waals surface area contributed by atoms with E-state index in [4.69, 9.17) is 4.74 Å². The fraction of sp³-hybridized carbons (Fsp3) is 0.400. The number of rotatable bonds is 8. The molecule has 4 rings (SSSR count). The molecule has 1 unspecified atom stereocenters. The average molecular weight is 500 g/mol. The minimum atomic E-state index is -1.14. The maximum atomic E-state index is 13.1. The van der Waals surface area contributed by atoms with Crippen molar-refractivity contribution in [3.05, 3.63) is 64.8 Å². The van der Waals surface area contributed by atoms with Gasteiger partial charge < -0.3 is 25.4 Å². The highest BCUT2D eigenvalue weighted by Gasteiger charge is 2.24. The molecular weight excluding hydrogens is 469 g/mol. The Morgan fingerprint density at radius 3 is 2.44 bits per heavy atom. The molecule has 1 fully saturated rings. The lowest BCUT2D eigenvalue weighted by molar-refractivity contribution is 0.138. The molecule has 10 nitrogen and oxygen atoms in total. The van der Waals surface area contributed by atoms with Crippen LogP contribution in [0.1, 0.15) is 12.8 Å². The van der Waals surface area contributed by atoms with Gasteiger partial charge in [-0.15, -0.1) is 0 Å². The van der Waals surface area contributed by atoms with E-state index in [2.05, 4.69) is 15.5 Å². The number of carboxylic acid groups (broad SMARTS) is 1. The number of aryl methyl sites for hydroxylation is 1. The van der Waals surface area contributed by atoms with Crippen LogP contribution in [0.4, 0.5) is 14.0 Å². The van der Waals surface area contributed by atoms with Crippen molar-refractivity contribution < 1.29 is 23.8 Å². The fourth-order valence-corrected chi connectivity index (χ4v) is 4.53. The molecule has 1 saturated heterocycles. The predicted octanol–water partition coefficient (Wildman–Crippen LogP) is 2.46. The van der Waals surface area contributed by atoms with Gasteiger partial charge in [0.1, 0.15) is 18.2 Å². The van der Waals surface area contributed by atoms with Gasteiger partial charge in [0.2, 0.25) is 0 Å². The van der Waals surface area contributed by atoms with E-state index in [0.717, 1.165) is 30.5 Å². The van der Waals surface area contributed by atoms with E-state index in [-0.39, 0.29) is 24.0 Å². The van der Waals surface area contributed by atoms with Crippen LogP contribution in [0.5, 0.6) is 5.75 Å². The van der Waals surface area contributed by atoms with Crippen molar-refractivity contribution in [3.8, 4) is 5.75 Å². The zero-order valence-electron chi connectivity index (χ0n) is 20.0. The molecule has 1 aromatic heterocycles. The maximum Gasteiger partial charge on any atom is 0.405 e. The van der Waals surface area contributed by atoms with E-state index in [1.165, 1.54) is 28.8 Å². The van der Waals surface area contributed by atoms with Crippen LogP contribution in [0.25, 0.3) is 11.0 Å². The number of piperidine rings is 1. The van der Waals surface area contributed by atoms with Crippen LogP contribution in [0.15, 0.2) is 53.3 Å². The number of hydrogen-bond donors (Lipinski definition) is 3. The molecule has 3 aromatic rings. The molecule has 1 aliphatic rings. The molecule has 0 bridgehead atoms. The average Bonchev–Trinajstić information content (AvgIpc) is 3.12. The summed E-state index contributed by atoms with van der Waals surface area (Å²) in [5.74, 6) is 0.344. The van der Waals surface area contributed by atoms with Crippen molar-refractivity contribution in [3.63, 3.8) is 0 Å².